The summed E-state index contributed by atoms with van der Waals surface area (Å²) >= 11 is 5.89. The van der Waals surface area contributed by atoms with Crippen molar-refractivity contribution in [2.75, 3.05) is 13.1 Å². The van der Waals surface area contributed by atoms with Gasteiger partial charge in [-0.05, 0) is 62.1 Å². The van der Waals surface area contributed by atoms with Crippen LogP contribution < -0.4 is 0 Å². The fourth-order valence-corrected chi connectivity index (χ4v) is 4.25. The van der Waals surface area contributed by atoms with E-state index >= 15 is 0 Å². The van der Waals surface area contributed by atoms with Gasteiger partial charge in [-0.25, -0.2) is 4.68 Å². The van der Waals surface area contributed by atoms with Crippen LogP contribution in [0.4, 0.5) is 0 Å². The molecule has 1 amide bonds. The number of benzene rings is 1. The maximum atomic E-state index is 12.6. The molecule has 0 radical (unpaired) electrons. The van der Waals surface area contributed by atoms with Gasteiger partial charge in [-0.2, -0.15) is 5.10 Å². The van der Waals surface area contributed by atoms with E-state index in [2.05, 4.69) is 5.10 Å². The first-order chi connectivity index (χ1) is 14.5. The van der Waals surface area contributed by atoms with Gasteiger partial charge in [0.1, 0.15) is 5.69 Å². The molecule has 4 rings (SSSR count). The van der Waals surface area contributed by atoms with Gasteiger partial charge in [0.2, 0.25) is 5.91 Å². The molecule has 0 bridgehead atoms. The van der Waals surface area contributed by atoms with Crippen LogP contribution in [0, 0.1) is 5.92 Å². The SMILES string of the molecule is O=C1CC(CCCC(=O)N2CCC(C(=O)c3ccc(Cl)cc3)CC2)=Nn2cccc21. The van der Waals surface area contributed by atoms with Crippen molar-refractivity contribution in [2.24, 2.45) is 11.0 Å². The summed E-state index contributed by atoms with van der Waals surface area (Å²) in [7, 11) is 0. The third kappa shape index (κ3) is 4.54. The summed E-state index contributed by atoms with van der Waals surface area (Å²) in [4.78, 5) is 39.1. The van der Waals surface area contributed by atoms with Crippen LogP contribution in [0.25, 0.3) is 0 Å². The minimum Gasteiger partial charge on any atom is -0.343 e. The quantitative estimate of drug-likeness (QED) is 0.650. The number of aromatic nitrogens is 1. The van der Waals surface area contributed by atoms with Gasteiger partial charge < -0.3 is 4.90 Å². The highest BCUT2D eigenvalue weighted by atomic mass is 35.5. The number of likely N-dealkylation sites (tertiary alicyclic amines) is 1. The molecule has 3 heterocycles. The maximum absolute atomic E-state index is 12.6. The molecule has 2 aliphatic rings. The van der Waals surface area contributed by atoms with Crippen LogP contribution >= 0.6 is 11.6 Å². The second-order valence-corrected chi connectivity index (χ2v) is 8.32. The number of Topliss-reactive ketones (excluding diaryl/α,β-unsaturated/α-hetero) is 2. The first-order valence-electron chi connectivity index (χ1n) is 10.4. The Kier molecular flexibility index (Phi) is 6.13. The number of carbonyl (C=O) groups is 3. The lowest BCUT2D eigenvalue weighted by atomic mass is 9.88. The van der Waals surface area contributed by atoms with Gasteiger partial charge >= 0.3 is 0 Å². The molecular weight excluding hydrogens is 402 g/mol. The number of halogens is 1. The molecule has 7 heteroatoms. The fraction of sp³-hybridized carbons (Fsp3) is 0.391. The second-order valence-electron chi connectivity index (χ2n) is 7.88. The van der Waals surface area contributed by atoms with Crippen molar-refractivity contribution in [1.82, 2.24) is 9.58 Å². The van der Waals surface area contributed by atoms with E-state index < -0.39 is 0 Å². The summed E-state index contributed by atoms with van der Waals surface area (Å²) in [6.45, 7) is 1.21. The third-order valence-electron chi connectivity index (χ3n) is 5.83. The molecular formula is C23H24ClN3O3. The van der Waals surface area contributed by atoms with Crippen molar-refractivity contribution in [2.45, 2.75) is 38.5 Å². The van der Waals surface area contributed by atoms with Crippen molar-refractivity contribution in [3.8, 4) is 0 Å². The second kappa shape index (κ2) is 8.96. The van der Waals surface area contributed by atoms with Crippen molar-refractivity contribution in [1.29, 1.82) is 0 Å². The van der Waals surface area contributed by atoms with Crippen LogP contribution in [0.5, 0.6) is 0 Å². The summed E-state index contributed by atoms with van der Waals surface area (Å²) in [5.74, 6) is 0.261. The number of rotatable bonds is 6. The molecule has 0 saturated carbocycles. The number of nitrogens with zero attached hydrogens (tertiary/aromatic N) is 3. The molecule has 1 aromatic carbocycles. The van der Waals surface area contributed by atoms with Gasteiger partial charge in [0.05, 0.1) is 6.42 Å². The summed E-state index contributed by atoms with van der Waals surface area (Å²) < 4.78 is 1.62. The van der Waals surface area contributed by atoms with Gasteiger partial charge in [0.25, 0.3) is 0 Å². The molecule has 1 fully saturated rings. The van der Waals surface area contributed by atoms with Gasteiger partial charge in [0, 0.05) is 47.9 Å². The van der Waals surface area contributed by atoms with E-state index in [1.807, 2.05) is 11.0 Å². The average Bonchev–Trinajstić information content (AvgIpc) is 3.23. The highest BCUT2D eigenvalue weighted by Gasteiger charge is 2.28. The standard InChI is InChI=1S/C23H24ClN3O3/c24-18-8-6-16(7-9-18)23(30)17-10-13-26(14-11-17)22(29)5-1-3-19-15-21(28)20-4-2-12-27(20)25-19/h2,4,6-9,12,17H,1,3,5,10-11,13-15H2. The Bertz CT molecular complexity index is 985. The average molecular weight is 426 g/mol. The zero-order valence-corrected chi connectivity index (χ0v) is 17.5. The Morgan fingerprint density at radius 3 is 2.57 bits per heavy atom. The first-order valence-corrected chi connectivity index (χ1v) is 10.7. The van der Waals surface area contributed by atoms with Gasteiger partial charge in [0.15, 0.2) is 11.6 Å². The third-order valence-corrected chi connectivity index (χ3v) is 6.08. The van der Waals surface area contributed by atoms with Crippen LogP contribution in [0.15, 0.2) is 47.7 Å². The zero-order valence-electron chi connectivity index (χ0n) is 16.7. The van der Waals surface area contributed by atoms with Crippen LogP contribution in [0.2, 0.25) is 5.02 Å². The van der Waals surface area contributed by atoms with Gasteiger partial charge in [-0.15, -0.1) is 0 Å². The molecule has 0 spiro atoms. The number of carbonyl (C=O) groups excluding carboxylic acids is 3. The zero-order chi connectivity index (χ0) is 21.1. The van der Waals surface area contributed by atoms with Crippen LogP contribution in [0.3, 0.4) is 0 Å². The lowest BCUT2D eigenvalue weighted by Gasteiger charge is -2.31. The van der Waals surface area contributed by atoms with Crippen molar-refractivity contribution >= 4 is 34.8 Å². The Morgan fingerprint density at radius 1 is 1.10 bits per heavy atom. The predicted octanol–water partition coefficient (Wildman–Crippen LogP) is 4.22. The number of piperidine rings is 1. The molecule has 6 nitrogen and oxygen atoms in total. The van der Waals surface area contributed by atoms with Crippen LogP contribution in [-0.4, -0.2) is 45.9 Å². The van der Waals surface area contributed by atoms with E-state index in [1.54, 1.807) is 41.2 Å². The molecule has 0 N–H and O–H groups in total. The minimum absolute atomic E-state index is 0.0476. The molecule has 0 aliphatic carbocycles. The summed E-state index contributed by atoms with van der Waals surface area (Å²) in [6, 6.07) is 10.6. The van der Waals surface area contributed by atoms with Crippen LogP contribution in [0.1, 0.15) is 59.4 Å². The number of ketones is 2. The number of fused-ring (bicyclic) bond motifs is 1. The van der Waals surface area contributed by atoms with Crippen molar-refractivity contribution in [3.05, 3.63) is 58.9 Å². The van der Waals surface area contributed by atoms with E-state index in [0.717, 1.165) is 5.71 Å². The minimum atomic E-state index is -0.0476. The number of amides is 1. The molecule has 1 saturated heterocycles. The normalized spacial score (nSPS) is 16.9. The van der Waals surface area contributed by atoms with E-state index in [9.17, 15) is 14.4 Å². The Morgan fingerprint density at radius 2 is 1.83 bits per heavy atom. The smallest absolute Gasteiger partial charge is 0.222 e. The highest BCUT2D eigenvalue weighted by molar-refractivity contribution is 6.30. The number of hydrogen-bond acceptors (Lipinski definition) is 4. The topological polar surface area (TPSA) is 71.7 Å². The van der Waals surface area contributed by atoms with Crippen LogP contribution in [-0.2, 0) is 4.79 Å². The summed E-state index contributed by atoms with van der Waals surface area (Å²) in [5, 5.41) is 5.09. The van der Waals surface area contributed by atoms with Gasteiger partial charge in [-0.1, -0.05) is 11.6 Å². The fourth-order valence-electron chi connectivity index (χ4n) is 4.12. The van der Waals surface area contributed by atoms with E-state index in [0.29, 0.717) is 67.9 Å². The van der Waals surface area contributed by atoms with Crippen molar-refractivity contribution < 1.29 is 14.4 Å². The molecule has 2 aromatic rings. The van der Waals surface area contributed by atoms with Crippen molar-refractivity contribution in [3.63, 3.8) is 0 Å². The Hall–Kier alpha value is -2.73. The molecule has 1 aromatic heterocycles. The van der Waals surface area contributed by atoms with E-state index in [1.165, 1.54) is 0 Å². The molecule has 30 heavy (non-hydrogen) atoms. The van der Waals surface area contributed by atoms with E-state index in [4.69, 9.17) is 11.6 Å². The number of hydrogen-bond donors (Lipinski definition) is 0. The molecule has 0 atom stereocenters. The maximum Gasteiger partial charge on any atom is 0.222 e. The first kappa shape index (κ1) is 20.5. The Balaban J connectivity index is 1.23. The van der Waals surface area contributed by atoms with E-state index in [-0.39, 0.29) is 23.4 Å². The largest absolute Gasteiger partial charge is 0.343 e. The molecule has 2 aliphatic heterocycles. The monoisotopic (exact) mass is 425 g/mol. The van der Waals surface area contributed by atoms with Gasteiger partial charge in [-0.3, -0.25) is 14.4 Å². The highest BCUT2D eigenvalue weighted by Crippen LogP contribution is 2.23. The summed E-state index contributed by atoms with van der Waals surface area (Å²) in [5.41, 5.74) is 2.12. The lowest BCUT2D eigenvalue weighted by molar-refractivity contribution is -0.132. The predicted molar refractivity (Wildman–Crippen MR) is 115 cm³/mol. The Labute approximate surface area is 180 Å². The lowest BCUT2D eigenvalue weighted by Crippen LogP contribution is -2.40. The molecule has 156 valence electrons. The molecule has 0 unspecified atom stereocenters. The summed E-state index contributed by atoms with van der Waals surface area (Å²) in [6.07, 6.45) is 5.21.